The standard InChI is InChI=1S/C21H18ClF3N4O/c22-16-3-1-2-4-17(16)30-15-7-11-29(12-8-15)19-13-18(21(23,24)25)27-20(28-19)14-5-9-26-10-6-14/h1-6,9-10,13,15H,7-8,11-12H2. The van der Waals surface area contributed by atoms with Crippen molar-refractivity contribution in [2.24, 2.45) is 0 Å². The van der Waals surface area contributed by atoms with Gasteiger partial charge in [-0.15, -0.1) is 0 Å². The molecule has 2 aromatic heterocycles. The fraction of sp³-hybridized carbons (Fsp3) is 0.286. The molecule has 1 aromatic carbocycles. The second kappa shape index (κ2) is 8.47. The summed E-state index contributed by atoms with van der Waals surface area (Å²) in [5.74, 6) is 0.885. The Morgan fingerprint density at radius 2 is 1.70 bits per heavy atom. The molecule has 0 unspecified atom stereocenters. The second-order valence-electron chi connectivity index (χ2n) is 6.90. The molecule has 1 saturated heterocycles. The van der Waals surface area contributed by atoms with Crippen LogP contribution in [-0.4, -0.2) is 34.1 Å². The molecule has 0 aliphatic carbocycles. The van der Waals surface area contributed by atoms with Crippen molar-refractivity contribution in [2.45, 2.75) is 25.1 Å². The highest BCUT2D eigenvalue weighted by Crippen LogP contribution is 2.33. The van der Waals surface area contributed by atoms with Crippen molar-refractivity contribution >= 4 is 17.4 Å². The first-order valence-corrected chi connectivity index (χ1v) is 9.81. The predicted molar refractivity (Wildman–Crippen MR) is 108 cm³/mol. The van der Waals surface area contributed by atoms with Gasteiger partial charge < -0.3 is 9.64 Å². The Labute approximate surface area is 176 Å². The Morgan fingerprint density at radius 3 is 2.37 bits per heavy atom. The van der Waals surface area contributed by atoms with E-state index in [4.69, 9.17) is 16.3 Å². The number of ether oxygens (including phenoxy) is 1. The Morgan fingerprint density at radius 1 is 1.00 bits per heavy atom. The van der Waals surface area contributed by atoms with Gasteiger partial charge in [0.25, 0.3) is 0 Å². The third-order valence-corrected chi connectivity index (χ3v) is 5.15. The molecule has 3 aromatic rings. The van der Waals surface area contributed by atoms with E-state index < -0.39 is 11.9 Å². The van der Waals surface area contributed by atoms with E-state index >= 15 is 0 Å². The van der Waals surface area contributed by atoms with Crippen LogP contribution in [0.15, 0.2) is 54.9 Å². The number of piperidine rings is 1. The van der Waals surface area contributed by atoms with Crippen molar-refractivity contribution in [1.82, 2.24) is 15.0 Å². The quantitative estimate of drug-likeness (QED) is 0.560. The minimum Gasteiger partial charge on any atom is -0.489 e. The number of rotatable bonds is 4. The van der Waals surface area contributed by atoms with Crippen molar-refractivity contribution in [2.75, 3.05) is 18.0 Å². The number of benzene rings is 1. The lowest BCUT2D eigenvalue weighted by molar-refractivity contribution is -0.141. The lowest BCUT2D eigenvalue weighted by Gasteiger charge is -2.33. The van der Waals surface area contributed by atoms with Crippen LogP contribution in [-0.2, 0) is 6.18 Å². The number of pyridine rings is 1. The number of para-hydroxylation sites is 1. The van der Waals surface area contributed by atoms with E-state index in [1.165, 1.54) is 12.4 Å². The molecule has 0 N–H and O–H groups in total. The molecule has 0 amide bonds. The van der Waals surface area contributed by atoms with Gasteiger partial charge in [-0.3, -0.25) is 4.98 Å². The third kappa shape index (κ3) is 4.64. The summed E-state index contributed by atoms with van der Waals surface area (Å²) < 4.78 is 46.2. The first-order chi connectivity index (χ1) is 14.4. The van der Waals surface area contributed by atoms with Crippen LogP contribution in [0.3, 0.4) is 0 Å². The van der Waals surface area contributed by atoms with E-state index in [0.717, 1.165) is 6.07 Å². The van der Waals surface area contributed by atoms with Crippen LogP contribution in [0.5, 0.6) is 5.75 Å². The molecule has 3 heterocycles. The predicted octanol–water partition coefficient (Wildman–Crippen LogP) is 5.26. The van der Waals surface area contributed by atoms with Crippen LogP contribution >= 0.6 is 11.6 Å². The lowest BCUT2D eigenvalue weighted by Crippen LogP contribution is -2.39. The van der Waals surface area contributed by atoms with Gasteiger partial charge >= 0.3 is 6.18 Å². The summed E-state index contributed by atoms with van der Waals surface area (Å²) in [6, 6.07) is 11.4. The van der Waals surface area contributed by atoms with Crippen LogP contribution < -0.4 is 9.64 Å². The molecule has 5 nitrogen and oxygen atoms in total. The largest absolute Gasteiger partial charge is 0.489 e. The Hall–Kier alpha value is -2.87. The van der Waals surface area contributed by atoms with Gasteiger partial charge in [0.05, 0.1) is 5.02 Å². The Balaban J connectivity index is 1.53. The van der Waals surface area contributed by atoms with E-state index in [2.05, 4.69) is 15.0 Å². The van der Waals surface area contributed by atoms with Crippen molar-refractivity contribution in [3.63, 3.8) is 0 Å². The van der Waals surface area contributed by atoms with Crippen molar-refractivity contribution in [1.29, 1.82) is 0 Å². The number of anilines is 1. The van der Waals surface area contributed by atoms with Gasteiger partial charge in [0.15, 0.2) is 11.5 Å². The lowest BCUT2D eigenvalue weighted by atomic mass is 10.1. The zero-order chi connectivity index (χ0) is 21.1. The SMILES string of the molecule is FC(F)(F)c1cc(N2CCC(Oc3ccccc3Cl)CC2)nc(-c2ccncc2)n1. The summed E-state index contributed by atoms with van der Waals surface area (Å²) in [5, 5.41) is 0.535. The van der Waals surface area contributed by atoms with Gasteiger partial charge in [0.2, 0.25) is 0 Å². The molecular weight excluding hydrogens is 417 g/mol. The summed E-state index contributed by atoms with van der Waals surface area (Å²) >= 11 is 6.14. The minimum atomic E-state index is -4.56. The monoisotopic (exact) mass is 434 g/mol. The van der Waals surface area contributed by atoms with Gasteiger partial charge in [-0.2, -0.15) is 13.2 Å². The molecule has 9 heteroatoms. The van der Waals surface area contributed by atoms with Gasteiger partial charge in [0, 0.05) is 50.0 Å². The average Bonchev–Trinajstić information content (AvgIpc) is 2.76. The number of alkyl halides is 3. The third-order valence-electron chi connectivity index (χ3n) is 4.84. The van der Waals surface area contributed by atoms with Crippen LogP contribution in [0.4, 0.5) is 19.0 Å². The van der Waals surface area contributed by atoms with E-state index in [9.17, 15) is 13.2 Å². The highest BCUT2D eigenvalue weighted by atomic mass is 35.5. The molecule has 1 aliphatic rings. The fourth-order valence-electron chi connectivity index (χ4n) is 3.29. The molecule has 0 saturated carbocycles. The van der Waals surface area contributed by atoms with Gasteiger partial charge in [-0.1, -0.05) is 23.7 Å². The molecule has 1 aliphatic heterocycles. The molecule has 0 spiro atoms. The number of hydrogen-bond acceptors (Lipinski definition) is 5. The van der Waals surface area contributed by atoms with Gasteiger partial charge in [0.1, 0.15) is 17.7 Å². The molecule has 1 fully saturated rings. The van der Waals surface area contributed by atoms with Crippen molar-refractivity contribution in [3.05, 3.63) is 65.6 Å². The van der Waals surface area contributed by atoms with Crippen LogP contribution in [0.2, 0.25) is 5.02 Å². The molecule has 4 rings (SSSR count). The summed E-state index contributed by atoms with van der Waals surface area (Å²) in [7, 11) is 0. The second-order valence-corrected chi connectivity index (χ2v) is 7.31. The maximum atomic E-state index is 13.4. The van der Waals surface area contributed by atoms with E-state index in [0.29, 0.717) is 42.3 Å². The summed E-state index contributed by atoms with van der Waals surface area (Å²) in [5.41, 5.74) is -0.483. The van der Waals surface area contributed by atoms with E-state index in [-0.39, 0.29) is 17.7 Å². The van der Waals surface area contributed by atoms with Crippen LogP contribution in [0.1, 0.15) is 18.5 Å². The van der Waals surface area contributed by atoms with Crippen LogP contribution in [0, 0.1) is 0 Å². The number of aromatic nitrogens is 3. The molecule has 0 atom stereocenters. The number of hydrogen-bond donors (Lipinski definition) is 0. The van der Waals surface area contributed by atoms with Gasteiger partial charge in [-0.25, -0.2) is 9.97 Å². The van der Waals surface area contributed by atoms with Crippen molar-refractivity contribution in [3.8, 4) is 17.1 Å². The zero-order valence-electron chi connectivity index (χ0n) is 15.8. The zero-order valence-corrected chi connectivity index (χ0v) is 16.6. The molecule has 0 bridgehead atoms. The number of nitrogens with zero attached hydrogens (tertiary/aromatic N) is 4. The highest BCUT2D eigenvalue weighted by molar-refractivity contribution is 6.32. The average molecular weight is 435 g/mol. The van der Waals surface area contributed by atoms with E-state index in [1.54, 1.807) is 24.3 Å². The van der Waals surface area contributed by atoms with E-state index in [1.807, 2.05) is 17.0 Å². The van der Waals surface area contributed by atoms with Crippen molar-refractivity contribution < 1.29 is 17.9 Å². The summed E-state index contributed by atoms with van der Waals surface area (Å²) in [6.07, 6.45) is -0.357. The normalized spacial score (nSPS) is 15.3. The fourth-order valence-corrected chi connectivity index (χ4v) is 3.47. The smallest absolute Gasteiger partial charge is 0.433 e. The topological polar surface area (TPSA) is 51.1 Å². The first kappa shape index (κ1) is 20.4. The maximum Gasteiger partial charge on any atom is 0.433 e. The Kier molecular flexibility index (Phi) is 5.76. The minimum absolute atomic E-state index is 0.0247. The molecule has 30 heavy (non-hydrogen) atoms. The Bertz CT molecular complexity index is 1010. The summed E-state index contributed by atoms with van der Waals surface area (Å²) in [6.45, 7) is 1.03. The number of halogens is 4. The first-order valence-electron chi connectivity index (χ1n) is 9.43. The summed E-state index contributed by atoms with van der Waals surface area (Å²) in [4.78, 5) is 13.8. The van der Waals surface area contributed by atoms with Gasteiger partial charge in [-0.05, 0) is 24.3 Å². The van der Waals surface area contributed by atoms with Crippen LogP contribution in [0.25, 0.3) is 11.4 Å². The molecule has 0 radical (unpaired) electrons. The maximum absolute atomic E-state index is 13.4. The molecule has 156 valence electrons. The molecular formula is C21H18ClF3N4O. The highest BCUT2D eigenvalue weighted by Gasteiger charge is 2.35.